The van der Waals surface area contributed by atoms with Gasteiger partial charge >= 0.3 is 0 Å². The summed E-state index contributed by atoms with van der Waals surface area (Å²) < 4.78 is 23.3. The van der Waals surface area contributed by atoms with E-state index in [-0.39, 0.29) is 11.9 Å². The van der Waals surface area contributed by atoms with E-state index in [0.717, 1.165) is 11.1 Å². The molecule has 0 aliphatic carbocycles. The fourth-order valence-corrected chi connectivity index (χ4v) is 1.87. The van der Waals surface area contributed by atoms with Gasteiger partial charge in [0.2, 0.25) is 0 Å². The molecule has 2 rings (SSSR count). The summed E-state index contributed by atoms with van der Waals surface area (Å²) >= 11 is 0. The fraction of sp³-hybridized carbons (Fsp3) is 0.200. The molecule has 0 spiro atoms. The molecule has 0 aliphatic heterocycles. The third kappa shape index (κ3) is 3.03. The van der Waals surface area contributed by atoms with Gasteiger partial charge in [-0.1, -0.05) is 12.1 Å². The minimum Gasteiger partial charge on any atom is -0.497 e. The van der Waals surface area contributed by atoms with Gasteiger partial charge in [0.05, 0.1) is 20.3 Å². The minimum atomic E-state index is -0.357. The Hall–Kier alpha value is -2.07. The zero-order chi connectivity index (χ0) is 13.8. The summed E-state index contributed by atoms with van der Waals surface area (Å²) in [5.74, 6) is 1.07. The fourth-order valence-electron chi connectivity index (χ4n) is 1.87. The lowest BCUT2D eigenvalue weighted by atomic mass is 9.99. The van der Waals surface area contributed by atoms with Gasteiger partial charge in [0.1, 0.15) is 17.3 Å². The molecule has 0 radical (unpaired) electrons. The van der Waals surface area contributed by atoms with E-state index >= 15 is 0 Å². The van der Waals surface area contributed by atoms with Crippen LogP contribution in [0.15, 0.2) is 42.5 Å². The standard InChI is InChI=1S/C15H16FNO2/c1-18-13-7-11(8-14(9-13)19-2)15(17)10-3-5-12(16)6-4-10/h3-9,15H,17H2,1-2H3. The van der Waals surface area contributed by atoms with E-state index in [1.54, 1.807) is 32.4 Å². The summed E-state index contributed by atoms with van der Waals surface area (Å²) in [7, 11) is 3.17. The number of ether oxygens (including phenoxy) is 2. The Bertz CT molecular complexity index is 532. The zero-order valence-electron chi connectivity index (χ0n) is 10.9. The number of rotatable bonds is 4. The van der Waals surface area contributed by atoms with Crippen LogP contribution >= 0.6 is 0 Å². The van der Waals surface area contributed by atoms with E-state index in [4.69, 9.17) is 15.2 Å². The first-order chi connectivity index (χ1) is 9.13. The number of hydrogen-bond donors (Lipinski definition) is 1. The average molecular weight is 261 g/mol. The Kier molecular flexibility index (Phi) is 4.02. The molecule has 0 aliphatic rings. The molecule has 2 aromatic carbocycles. The Balaban J connectivity index is 2.37. The Labute approximate surface area is 111 Å². The smallest absolute Gasteiger partial charge is 0.123 e. The summed E-state index contributed by atoms with van der Waals surface area (Å²) in [6, 6.07) is 11.2. The lowest BCUT2D eigenvalue weighted by Gasteiger charge is -2.15. The van der Waals surface area contributed by atoms with Crippen molar-refractivity contribution in [1.29, 1.82) is 0 Å². The molecule has 1 unspecified atom stereocenters. The van der Waals surface area contributed by atoms with Crippen molar-refractivity contribution in [2.75, 3.05) is 14.2 Å². The molecule has 0 saturated carbocycles. The van der Waals surface area contributed by atoms with Crippen LogP contribution in [-0.4, -0.2) is 14.2 Å². The molecule has 0 saturated heterocycles. The van der Waals surface area contributed by atoms with Gasteiger partial charge in [-0.3, -0.25) is 0 Å². The second-order valence-electron chi connectivity index (χ2n) is 4.18. The topological polar surface area (TPSA) is 44.5 Å². The normalized spacial score (nSPS) is 12.0. The molecule has 0 bridgehead atoms. The van der Waals surface area contributed by atoms with E-state index < -0.39 is 0 Å². The first-order valence-corrected chi connectivity index (χ1v) is 5.88. The third-order valence-corrected chi connectivity index (χ3v) is 2.96. The van der Waals surface area contributed by atoms with Gasteiger partial charge in [-0.2, -0.15) is 0 Å². The molecule has 100 valence electrons. The first-order valence-electron chi connectivity index (χ1n) is 5.88. The maximum absolute atomic E-state index is 12.9. The van der Waals surface area contributed by atoms with Gasteiger partial charge in [0, 0.05) is 6.07 Å². The first kappa shape index (κ1) is 13.4. The summed E-state index contributed by atoms with van der Waals surface area (Å²) in [6.07, 6.45) is 0. The van der Waals surface area contributed by atoms with E-state index in [1.807, 2.05) is 12.1 Å². The molecule has 4 heteroatoms. The number of hydrogen-bond acceptors (Lipinski definition) is 3. The van der Waals surface area contributed by atoms with Crippen molar-refractivity contribution in [3.8, 4) is 11.5 Å². The van der Waals surface area contributed by atoms with Crippen LogP contribution in [0.2, 0.25) is 0 Å². The largest absolute Gasteiger partial charge is 0.497 e. The van der Waals surface area contributed by atoms with Crippen LogP contribution in [-0.2, 0) is 0 Å². The van der Waals surface area contributed by atoms with Crippen molar-refractivity contribution in [3.63, 3.8) is 0 Å². The van der Waals surface area contributed by atoms with Gasteiger partial charge in [-0.05, 0) is 35.4 Å². The lowest BCUT2D eigenvalue weighted by molar-refractivity contribution is 0.393. The van der Waals surface area contributed by atoms with Gasteiger partial charge in [0.15, 0.2) is 0 Å². The van der Waals surface area contributed by atoms with E-state index in [1.165, 1.54) is 12.1 Å². The molecule has 0 fully saturated rings. The maximum Gasteiger partial charge on any atom is 0.123 e. The van der Waals surface area contributed by atoms with Crippen LogP contribution in [0.3, 0.4) is 0 Å². The van der Waals surface area contributed by atoms with Gasteiger partial charge in [0.25, 0.3) is 0 Å². The van der Waals surface area contributed by atoms with E-state index in [0.29, 0.717) is 11.5 Å². The number of nitrogens with two attached hydrogens (primary N) is 1. The molecular weight excluding hydrogens is 245 g/mol. The molecule has 1 atom stereocenters. The van der Waals surface area contributed by atoms with Crippen LogP contribution in [0.1, 0.15) is 17.2 Å². The molecule has 3 nitrogen and oxygen atoms in total. The van der Waals surface area contributed by atoms with Gasteiger partial charge < -0.3 is 15.2 Å². The Morgan fingerprint density at radius 1 is 0.895 bits per heavy atom. The Morgan fingerprint density at radius 3 is 1.89 bits per heavy atom. The van der Waals surface area contributed by atoms with Crippen LogP contribution in [0.4, 0.5) is 4.39 Å². The van der Waals surface area contributed by atoms with Crippen molar-refractivity contribution in [3.05, 3.63) is 59.4 Å². The van der Waals surface area contributed by atoms with Crippen LogP contribution < -0.4 is 15.2 Å². The number of methoxy groups -OCH3 is 2. The van der Waals surface area contributed by atoms with Crippen LogP contribution in [0.25, 0.3) is 0 Å². The summed E-state index contributed by atoms with van der Waals surface area (Å²) in [4.78, 5) is 0. The molecular formula is C15H16FNO2. The highest BCUT2D eigenvalue weighted by molar-refractivity contribution is 5.42. The quantitative estimate of drug-likeness (QED) is 0.920. The number of halogens is 1. The second-order valence-corrected chi connectivity index (χ2v) is 4.18. The predicted molar refractivity (Wildman–Crippen MR) is 72.0 cm³/mol. The molecule has 0 heterocycles. The predicted octanol–water partition coefficient (Wildman–Crippen LogP) is 2.89. The van der Waals surface area contributed by atoms with E-state index in [9.17, 15) is 4.39 Å². The summed E-state index contributed by atoms with van der Waals surface area (Å²) in [5, 5.41) is 0. The highest BCUT2D eigenvalue weighted by Gasteiger charge is 2.12. The molecule has 2 N–H and O–H groups in total. The Morgan fingerprint density at radius 2 is 1.42 bits per heavy atom. The molecule has 0 amide bonds. The van der Waals surface area contributed by atoms with Gasteiger partial charge in [-0.15, -0.1) is 0 Å². The van der Waals surface area contributed by atoms with Crippen molar-refractivity contribution in [1.82, 2.24) is 0 Å². The minimum absolute atomic E-state index is 0.279. The monoisotopic (exact) mass is 261 g/mol. The molecule has 19 heavy (non-hydrogen) atoms. The van der Waals surface area contributed by atoms with E-state index in [2.05, 4.69) is 0 Å². The summed E-state index contributed by atoms with van der Waals surface area (Å²) in [6.45, 7) is 0. The summed E-state index contributed by atoms with van der Waals surface area (Å²) in [5.41, 5.74) is 7.86. The van der Waals surface area contributed by atoms with Crippen molar-refractivity contribution in [2.24, 2.45) is 5.73 Å². The van der Waals surface area contributed by atoms with Crippen LogP contribution in [0.5, 0.6) is 11.5 Å². The van der Waals surface area contributed by atoms with Gasteiger partial charge in [-0.25, -0.2) is 4.39 Å². The SMILES string of the molecule is COc1cc(OC)cc(C(N)c2ccc(F)cc2)c1. The average Bonchev–Trinajstić information content (AvgIpc) is 2.46. The zero-order valence-corrected chi connectivity index (χ0v) is 10.9. The highest BCUT2D eigenvalue weighted by Crippen LogP contribution is 2.28. The van der Waals surface area contributed by atoms with Crippen LogP contribution in [0, 0.1) is 5.82 Å². The maximum atomic E-state index is 12.9. The number of benzene rings is 2. The van der Waals surface area contributed by atoms with Crippen molar-refractivity contribution >= 4 is 0 Å². The van der Waals surface area contributed by atoms with Crippen molar-refractivity contribution in [2.45, 2.75) is 6.04 Å². The molecule has 0 aromatic heterocycles. The lowest BCUT2D eigenvalue weighted by Crippen LogP contribution is -2.12. The third-order valence-electron chi connectivity index (χ3n) is 2.96. The highest BCUT2D eigenvalue weighted by atomic mass is 19.1. The van der Waals surface area contributed by atoms with Crippen molar-refractivity contribution < 1.29 is 13.9 Å². The molecule has 2 aromatic rings. The second kappa shape index (κ2) is 5.71.